The summed E-state index contributed by atoms with van der Waals surface area (Å²) in [5, 5.41) is 12.6. The van der Waals surface area contributed by atoms with Gasteiger partial charge in [0.2, 0.25) is 5.91 Å². The van der Waals surface area contributed by atoms with Crippen LogP contribution in [0.15, 0.2) is 30.3 Å². The SMILES string of the molecule is CC(O)CC(C)(C)CNC(=O)C(Cc1ccccc1)C(C)C. The van der Waals surface area contributed by atoms with Crippen molar-refractivity contribution < 1.29 is 9.90 Å². The van der Waals surface area contributed by atoms with Gasteiger partial charge in [-0.05, 0) is 36.7 Å². The lowest BCUT2D eigenvalue weighted by Crippen LogP contribution is -2.40. The average Bonchev–Trinajstić information content (AvgIpc) is 2.42. The Morgan fingerprint density at radius 1 is 1.18 bits per heavy atom. The third kappa shape index (κ3) is 6.61. The summed E-state index contributed by atoms with van der Waals surface area (Å²) < 4.78 is 0. The molecule has 0 aliphatic rings. The molecule has 1 aromatic carbocycles. The van der Waals surface area contributed by atoms with E-state index in [0.29, 0.717) is 18.9 Å². The van der Waals surface area contributed by atoms with Gasteiger partial charge in [-0.15, -0.1) is 0 Å². The van der Waals surface area contributed by atoms with Crippen LogP contribution < -0.4 is 5.32 Å². The molecular weight excluding hydrogens is 274 g/mol. The number of hydrogen-bond donors (Lipinski definition) is 2. The largest absolute Gasteiger partial charge is 0.393 e. The molecule has 0 aliphatic carbocycles. The second-order valence-electron chi connectivity index (χ2n) is 7.48. The Bertz CT molecular complexity index is 452. The standard InChI is InChI=1S/C19H31NO2/c1-14(2)17(11-16-9-7-6-8-10-16)18(22)20-13-19(4,5)12-15(3)21/h6-10,14-15,17,21H,11-13H2,1-5H3,(H,20,22). The molecule has 0 aromatic heterocycles. The van der Waals surface area contributed by atoms with Crippen LogP contribution in [0.2, 0.25) is 0 Å². The maximum absolute atomic E-state index is 12.5. The number of carbonyl (C=O) groups excluding carboxylic acids is 1. The van der Waals surface area contributed by atoms with Crippen LogP contribution in [-0.2, 0) is 11.2 Å². The van der Waals surface area contributed by atoms with Crippen LogP contribution in [0.4, 0.5) is 0 Å². The molecule has 0 aliphatic heterocycles. The highest BCUT2D eigenvalue weighted by Crippen LogP contribution is 2.22. The normalized spacial score (nSPS) is 14.7. The summed E-state index contributed by atoms with van der Waals surface area (Å²) in [7, 11) is 0. The number of rotatable bonds is 8. The molecule has 22 heavy (non-hydrogen) atoms. The molecule has 3 nitrogen and oxygen atoms in total. The van der Waals surface area contributed by atoms with Crippen molar-refractivity contribution >= 4 is 5.91 Å². The van der Waals surface area contributed by atoms with Gasteiger partial charge in [-0.25, -0.2) is 0 Å². The highest BCUT2D eigenvalue weighted by molar-refractivity contribution is 5.79. The third-order valence-electron chi connectivity index (χ3n) is 4.03. The minimum absolute atomic E-state index is 0.0234. The predicted molar refractivity (Wildman–Crippen MR) is 91.6 cm³/mol. The molecule has 0 heterocycles. The molecule has 0 fully saturated rings. The lowest BCUT2D eigenvalue weighted by atomic mass is 9.85. The predicted octanol–water partition coefficient (Wildman–Crippen LogP) is 3.41. The number of aliphatic hydroxyl groups is 1. The molecule has 1 aromatic rings. The first-order chi connectivity index (χ1) is 10.2. The summed E-state index contributed by atoms with van der Waals surface area (Å²) in [6, 6.07) is 10.2. The second-order valence-corrected chi connectivity index (χ2v) is 7.48. The summed E-state index contributed by atoms with van der Waals surface area (Å²) in [4.78, 5) is 12.5. The highest BCUT2D eigenvalue weighted by Gasteiger charge is 2.26. The Morgan fingerprint density at radius 2 is 1.77 bits per heavy atom. The Hall–Kier alpha value is -1.35. The Morgan fingerprint density at radius 3 is 2.27 bits per heavy atom. The molecule has 2 N–H and O–H groups in total. The van der Waals surface area contributed by atoms with Crippen LogP contribution in [0.5, 0.6) is 0 Å². The van der Waals surface area contributed by atoms with Crippen molar-refractivity contribution in [2.24, 2.45) is 17.3 Å². The molecule has 0 radical (unpaired) electrons. The van der Waals surface area contributed by atoms with E-state index < -0.39 is 0 Å². The van der Waals surface area contributed by atoms with Crippen molar-refractivity contribution in [3.63, 3.8) is 0 Å². The fourth-order valence-corrected chi connectivity index (χ4v) is 2.83. The van der Waals surface area contributed by atoms with E-state index >= 15 is 0 Å². The van der Waals surface area contributed by atoms with E-state index in [0.717, 1.165) is 6.42 Å². The zero-order chi connectivity index (χ0) is 16.8. The second kappa shape index (κ2) is 8.33. The first-order valence-electron chi connectivity index (χ1n) is 8.21. The van der Waals surface area contributed by atoms with E-state index in [-0.39, 0.29) is 23.3 Å². The summed E-state index contributed by atoms with van der Waals surface area (Å²) in [6.45, 7) is 10.7. The van der Waals surface area contributed by atoms with E-state index in [1.807, 2.05) is 18.2 Å². The van der Waals surface area contributed by atoms with Crippen LogP contribution in [0.1, 0.15) is 46.6 Å². The van der Waals surface area contributed by atoms with Gasteiger partial charge >= 0.3 is 0 Å². The quantitative estimate of drug-likeness (QED) is 0.773. The fourth-order valence-electron chi connectivity index (χ4n) is 2.83. The van der Waals surface area contributed by atoms with Gasteiger partial charge in [0.1, 0.15) is 0 Å². The van der Waals surface area contributed by atoms with Crippen LogP contribution in [0.3, 0.4) is 0 Å². The van der Waals surface area contributed by atoms with Crippen molar-refractivity contribution in [1.29, 1.82) is 0 Å². The van der Waals surface area contributed by atoms with Crippen LogP contribution in [-0.4, -0.2) is 23.7 Å². The van der Waals surface area contributed by atoms with Crippen molar-refractivity contribution in [2.75, 3.05) is 6.54 Å². The molecule has 2 unspecified atom stereocenters. The van der Waals surface area contributed by atoms with Crippen molar-refractivity contribution in [2.45, 2.75) is 53.6 Å². The van der Waals surface area contributed by atoms with Gasteiger partial charge in [0.25, 0.3) is 0 Å². The molecule has 0 bridgehead atoms. The van der Waals surface area contributed by atoms with Gasteiger partial charge in [-0.3, -0.25) is 4.79 Å². The lowest BCUT2D eigenvalue weighted by molar-refractivity contribution is -0.126. The Kier molecular flexibility index (Phi) is 7.08. The smallest absolute Gasteiger partial charge is 0.223 e. The summed E-state index contributed by atoms with van der Waals surface area (Å²) >= 11 is 0. The van der Waals surface area contributed by atoms with Gasteiger partial charge in [0.05, 0.1) is 6.10 Å². The zero-order valence-corrected chi connectivity index (χ0v) is 14.6. The number of carbonyl (C=O) groups is 1. The Balaban J connectivity index is 2.62. The minimum Gasteiger partial charge on any atom is -0.393 e. The van der Waals surface area contributed by atoms with Crippen LogP contribution >= 0.6 is 0 Å². The molecule has 124 valence electrons. The van der Waals surface area contributed by atoms with Crippen LogP contribution in [0, 0.1) is 17.3 Å². The minimum atomic E-state index is -0.350. The average molecular weight is 305 g/mol. The number of aliphatic hydroxyl groups excluding tert-OH is 1. The first-order valence-corrected chi connectivity index (χ1v) is 8.21. The maximum atomic E-state index is 12.5. The molecule has 0 saturated carbocycles. The monoisotopic (exact) mass is 305 g/mol. The van der Waals surface area contributed by atoms with Gasteiger partial charge in [0.15, 0.2) is 0 Å². The van der Waals surface area contributed by atoms with E-state index in [2.05, 4.69) is 45.1 Å². The van der Waals surface area contributed by atoms with E-state index in [1.54, 1.807) is 6.92 Å². The molecule has 0 spiro atoms. The van der Waals surface area contributed by atoms with Gasteiger partial charge in [-0.1, -0.05) is 58.0 Å². The van der Waals surface area contributed by atoms with Crippen molar-refractivity contribution in [3.05, 3.63) is 35.9 Å². The number of hydrogen-bond acceptors (Lipinski definition) is 2. The van der Waals surface area contributed by atoms with Crippen molar-refractivity contribution in [1.82, 2.24) is 5.32 Å². The molecule has 0 saturated heterocycles. The number of amides is 1. The highest BCUT2D eigenvalue weighted by atomic mass is 16.3. The van der Waals surface area contributed by atoms with Gasteiger partial charge < -0.3 is 10.4 Å². The molecular formula is C19H31NO2. The summed E-state index contributed by atoms with van der Waals surface area (Å²) in [5.74, 6) is 0.377. The molecule has 1 rings (SSSR count). The molecule has 3 heteroatoms. The first kappa shape index (κ1) is 18.7. The van der Waals surface area contributed by atoms with Gasteiger partial charge in [-0.2, -0.15) is 0 Å². The van der Waals surface area contributed by atoms with E-state index in [4.69, 9.17) is 0 Å². The van der Waals surface area contributed by atoms with E-state index in [9.17, 15) is 9.90 Å². The maximum Gasteiger partial charge on any atom is 0.223 e. The number of nitrogens with one attached hydrogen (secondary N) is 1. The zero-order valence-electron chi connectivity index (χ0n) is 14.6. The topological polar surface area (TPSA) is 49.3 Å². The molecule has 1 amide bonds. The Labute approximate surface area is 135 Å². The van der Waals surface area contributed by atoms with Gasteiger partial charge in [0, 0.05) is 12.5 Å². The van der Waals surface area contributed by atoms with Crippen LogP contribution in [0.25, 0.3) is 0 Å². The summed E-state index contributed by atoms with van der Waals surface area (Å²) in [5.41, 5.74) is 1.09. The van der Waals surface area contributed by atoms with E-state index in [1.165, 1.54) is 5.56 Å². The summed E-state index contributed by atoms with van der Waals surface area (Å²) in [6.07, 6.45) is 1.09. The fraction of sp³-hybridized carbons (Fsp3) is 0.632. The van der Waals surface area contributed by atoms with Crippen molar-refractivity contribution in [3.8, 4) is 0 Å². The molecule has 2 atom stereocenters. The lowest BCUT2D eigenvalue weighted by Gasteiger charge is -2.28. The number of benzene rings is 1. The third-order valence-corrected chi connectivity index (χ3v) is 4.03.